The van der Waals surface area contributed by atoms with Gasteiger partial charge in [-0.1, -0.05) is 19.0 Å². The van der Waals surface area contributed by atoms with E-state index in [0.717, 1.165) is 24.3 Å². The first-order valence-electron chi connectivity index (χ1n) is 6.49. The highest BCUT2D eigenvalue weighted by Gasteiger charge is 2.20. The van der Waals surface area contributed by atoms with Crippen LogP contribution in [0.3, 0.4) is 0 Å². The molecule has 1 aromatic heterocycles. The lowest BCUT2D eigenvalue weighted by atomic mass is 10.1. The van der Waals surface area contributed by atoms with Crippen molar-refractivity contribution in [3.63, 3.8) is 0 Å². The van der Waals surface area contributed by atoms with Crippen LogP contribution in [0.4, 0.5) is 5.82 Å². The molecule has 0 bridgehead atoms. The fourth-order valence-corrected chi connectivity index (χ4v) is 1.98. The zero-order valence-electron chi connectivity index (χ0n) is 12.3. The normalized spacial score (nSPS) is 12.0. The number of oxime groups is 1. The lowest BCUT2D eigenvalue weighted by molar-refractivity contribution is 0.318. The molecule has 1 heterocycles. The summed E-state index contributed by atoms with van der Waals surface area (Å²) >= 11 is 0. The van der Waals surface area contributed by atoms with Crippen molar-refractivity contribution in [3.8, 4) is 0 Å². The van der Waals surface area contributed by atoms with Crippen LogP contribution in [0.5, 0.6) is 0 Å². The molecule has 106 valence electrons. The van der Waals surface area contributed by atoms with E-state index >= 15 is 0 Å². The van der Waals surface area contributed by atoms with Crippen molar-refractivity contribution in [2.45, 2.75) is 34.6 Å². The largest absolute Gasteiger partial charge is 0.409 e. The molecular formula is C13H23N5O. The fraction of sp³-hybridized carbons (Fsp3) is 0.615. The third kappa shape index (κ3) is 3.33. The Morgan fingerprint density at radius 1 is 1.37 bits per heavy atom. The number of nitrogens with zero attached hydrogens (tertiary/aromatic N) is 4. The molecule has 1 rings (SSSR count). The van der Waals surface area contributed by atoms with Crippen molar-refractivity contribution < 1.29 is 5.21 Å². The number of hydrogen-bond acceptors (Lipinski definition) is 5. The monoisotopic (exact) mass is 265 g/mol. The minimum atomic E-state index is 0.0766. The molecule has 0 fully saturated rings. The first kappa shape index (κ1) is 15.2. The van der Waals surface area contributed by atoms with Crippen LogP contribution in [0.25, 0.3) is 0 Å². The lowest BCUT2D eigenvalue weighted by Gasteiger charge is -2.26. The Bertz CT molecular complexity index is 470. The van der Waals surface area contributed by atoms with Crippen molar-refractivity contribution in [2.24, 2.45) is 16.8 Å². The third-order valence-electron chi connectivity index (χ3n) is 3.07. The standard InChI is InChI=1S/C13H23N5O/c1-6-18(7-8(2)3)13-11(12(14)17-19)9(4)10(5)15-16-13/h8,19H,6-7H2,1-5H3,(H2,14,17). The SMILES string of the molecule is CCN(CC(C)C)c1nnc(C)c(C)c1/C(N)=N/O. The summed E-state index contributed by atoms with van der Waals surface area (Å²) in [5.74, 6) is 1.24. The van der Waals surface area contributed by atoms with E-state index in [1.54, 1.807) is 0 Å². The quantitative estimate of drug-likeness (QED) is 0.366. The van der Waals surface area contributed by atoms with Gasteiger partial charge >= 0.3 is 0 Å². The van der Waals surface area contributed by atoms with Gasteiger partial charge in [0.1, 0.15) is 0 Å². The van der Waals surface area contributed by atoms with Gasteiger partial charge in [-0.2, -0.15) is 5.10 Å². The van der Waals surface area contributed by atoms with Gasteiger partial charge in [0.2, 0.25) is 0 Å². The molecule has 0 atom stereocenters. The summed E-state index contributed by atoms with van der Waals surface area (Å²) in [5.41, 5.74) is 8.13. The van der Waals surface area contributed by atoms with Gasteiger partial charge in [0.15, 0.2) is 11.7 Å². The summed E-state index contributed by atoms with van der Waals surface area (Å²) in [6.45, 7) is 11.7. The highest BCUT2D eigenvalue weighted by Crippen LogP contribution is 2.22. The summed E-state index contributed by atoms with van der Waals surface area (Å²) in [6.07, 6.45) is 0. The van der Waals surface area contributed by atoms with Crippen molar-refractivity contribution >= 4 is 11.7 Å². The number of rotatable bonds is 5. The van der Waals surface area contributed by atoms with Gasteiger partial charge in [-0.25, -0.2) is 0 Å². The van der Waals surface area contributed by atoms with E-state index in [9.17, 15) is 0 Å². The molecule has 0 amide bonds. The summed E-state index contributed by atoms with van der Waals surface area (Å²) < 4.78 is 0. The molecule has 0 saturated heterocycles. The first-order chi connectivity index (χ1) is 8.92. The van der Waals surface area contributed by atoms with Crippen LogP contribution in [-0.2, 0) is 0 Å². The summed E-state index contributed by atoms with van der Waals surface area (Å²) in [6, 6.07) is 0. The molecular weight excluding hydrogens is 242 g/mol. The van der Waals surface area contributed by atoms with E-state index < -0.39 is 0 Å². The molecule has 3 N–H and O–H groups in total. The molecule has 1 aromatic rings. The second kappa shape index (κ2) is 6.36. The molecule has 0 radical (unpaired) electrons. The van der Waals surface area contributed by atoms with Crippen LogP contribution < -0.4 is 10.6 Å². The number of aromatic nitrogens is 2. The van der Waals surface area contributed by atoms with E-state index in [4.69, 9.17) is 10.9 Å². The van der Waals surface area contributed by atoms with Crippen LogP contribution in [0.15, 0.2) is 5.16 Å². The van der Waals surface area contributed by atoms with Crippen LogP contribution >= 0.6 is 0 Å². The minimum Gasteiger partial charge on any atom is -0.409 e. The van der Waals surface area contributed by atoms with Crippen LogP contribution in [-0.4, -0.2) is 34.3 Å². The van der Waals surface area contributed by atoms with Crippen LogP contribution in [0.2, 0.25) is 0 Å². The highest BCUT2D eigenvalue weighted by atomic mass is 16.4. The Kier molecular flexibility index (Phi) is 5.09. The van der Waals surface area contributed by atoms with E-state index in [1.165, 1.54) is 0 Å². The molecule has 19 heavy (non-hydrogen) atoms. The molecule has 0 spiro atoms. The van der Waals surface area contributed by atoms with Crippen molar-refractivity contribution in [1.29, 1.82) is 0 Å². The second-order valence-electron chi connectivity index (χ2n) is 5.03. The van der Waals surface area contributed by atoms with Gasteiger partial charge in [-0.15, -0.1) is 5.10 Å². The number of hydrogen-bond donors (Lipinski definition) is 2. The van der Waals surface area contributed by atoms with Crippen molar-refractivity contribution in [2.75, 3.05) is 18.0 Å². The maximum absolute atomic E-state index is 8.96. The number of amidine groups is 1. The molecule has 6 nitrogen and oxygen atoms in total. The zero-order valence-corrected chi connectivity index (χ0v) is 12.3. The topological polar surface area (TPSA) is 87.6 Å². The molecule has 0 aliphatic carbocycles. The third-order valence-corrected chi connectivity index (χ3v) is 3.07. The first-order valence-corrected chi connectivity index (χ1v) is 6.49. The van der Waals surface area contributed by atoms with Crippen LogP contribution in [0.1, 0.15) is 37.6 Å². The van der Waals surface area contributed by atoms with Gasteiger partial charge < -0.3 is 15.8 Å². The molecule has 0 saturated carbocycles. The average Bonchev–Trinajstić information content (AvgIpc) is 2.38. The van der Waals surface area contributed by atoms with Gasteiger partial charge in [0.25, 0.3) is 0 Å². The van der Waals surface area contributed by atoms with E-state index in [-0.39, 0.29) is 5.84 Å². The maximum Gasteiger partial charge on any atom is 0.174 e. The second-order valence-corrected chi connectivity index (χ2v) is 5.03. The summed E-state index contributed by atoms with van der Waals surface area (Å²) in [7, 11) is 0. The lowest BCUT2D eigenvalue weighted by Crippen LogP contribution is -2.32. The fourth-order valence-electron chi connectivity index (χ4n) is 1.98. The Morgan fingerprint density at radius 2 is 2.00 bits per heavy atom. The summed E-state index contributed by atoms with van der Waals surface area (Å²) in [4.78, 5) is 2.09. The number of nitrogens with two attached hydrogens (primary N) is 1. The molecule has 0 aliphatic heterocycles. The number of anilines is 1. The van der Waals surface area contributed by atoms with Gasteiger partial charge in [-0.3, -0.25) is 0 Å². The predicted molar refractivity (Wildman–Crippen MR) is 76.7 cm³/mol. The smallest absolute Gasteiger partial charge is 0.174 e. The van der Waals surface area contributed by atoms with Gasteiger partial charge in [0.05, 0.1) is 11.3 Å². The van der Waals surface area contributed by atoms with E-state index in [0.29, 0.717) is 17.3 Å². The average molecular weight is 265 g/mol. The Hall–Kier alpha value is -1.85. The van der Waals surface area contributed by atoms with Crippen molar-refractivity contribution in [3.05, 3.63) is 16.8 Å². The number of aryl methyl sites for hydroxylation is 1. The van der Waals surface area contributed by atoms with Crippen LogP contribution in [0, 0.1) is 19.8 Å². The van der Waals surface area contributed by atoms with E-state index in [1.807, 2.05) is 13.8 Å². The predicted octanol–water partition coefficient (Wildman–Crippen LogP) is 1.67. The minimum absolute atomic E-state index is 0.0766. The van der Waals surface area contributed by atoms with Gasteiger partial charge in [-0.05, 0) is 32.3 Å². The molecule has 6 heteroatoms. The molecule has 0 unspecified atom stereocenters. The van der Waals surface area contributed by atoms with Gasteiger partial charge in [0, 0.05) is 13.1 Å². The zero-order chi connectivity index (χ0) is 14.6. The Balaban J connectivity index is 3.37. The molecule has 0 aliphatic rings. The Morgan fingerprint density at radius 3 is 2.47 bits per heavy atom. The van der Waals surface area contributed by atoms with Crippen molar-refractivity contribution in [1.82, 2.24) is 10.2 Å². The maximum atomic E-state index is 8.96. The molecule has 0 aromatic carbocycles. The Labute approximate surface area is 114 Å². The summed E-state index contributed by atoms with van der Waals surface area (Å²) in [5, 5.41) is 20.5. The van der Waals surface area contributed by atoms with E-state index in [2.05, 4.69) is 41.0 Å². The highest BCUT2D eigenvalue weighted by molar-refractivity contribution is 6.02.